The van der Waals surface area contributed by atoms with Crippen LogP contribution in [0.15, 0.2) is 218 Å². The van der Waals surface area contributed by atoms with Crippen molar-refractivity contribution in [3.63, 3.8) is 0 Å². The van der Waals surface area contributed by atoms with Crippen LogP contribution in [0, 0.1) is 0 Å². The molecular weight excluding hydrogens is 721 g/mol. The number of fused-ring (bicyclic) bond motifs is 1. The van der Waals surface area contributed by atoms with Gasteiger partial charge in [-0.1, -0.05) is 187 Å². The molecule has 0 fully saturated rings. The van der Waals surface area contributed by atoms with E-state index in [9.17, 15) is 27.4 Å². The van der Waals surface area contributed by atoms with Crippen LogP contribution in [0.1, 0.15) is 48.0 Å². The standard InChI is InChI=1S/C60H36/c1-2-18-51-37(8-1)9-7-19-52(51)50-35-48(44-14-5-16-46(32-44)53-28-24-42-22-20-38-10-3-12-40-26-30-55(53)59(42)57(38)40)34-49(36-50)45-15-6-17-47(33-45)54-29-25-43-23-21-39-11-4-13-41-27-31-56(54)60(43)58(39)41/h1-36H/i1D,2D,3D,4D,5D,7D,8D,9D,10D,11D,12D,13D,14D,15D,16D,17D,18D,19D,20D,21D,22D,23D,24D,25D,26D,27D,28D,29D,30D,31D,32D,33D,34D,35D,36D. The summed E-state index contributed by atoms with van der Waals surface area (Å²) in [5.74, 6) is 0. The molecule has 0 saturated heterocycles. The predicted molar refractivity (Wildman–Crippen MR) is 259 cm³/mol. The maximum absolute atomic E-state index is 10.2. The van der Waals surface area contributed by atoms with Gasteiger partial charge in [0.15, 0.2) is 0 Å². The first-order valence-corrected chi connectivity index (χ1v) is 18.1. The summed E-state index contributed by atoms with van der Waals surface area (Å²) in [7, 11) is 0. The van der Waals surface area contributed by atoms with Crippen LogP contribution in [0.3, 0.4) is 0 Å². The fraction of sp³-hybridized carbons (Fsp3) is 0. The molecular formula is C60H36. The van der Waals surface area contributed by atoms with E-state index >= 15 is 0 Å². The fourth-order valence-electron chi connectivity index (χ4n) is 7.58. The summed E-state index contributed by atoms with van der Waals surface area (Å²) in [6.07, 6.45) is 0. The molecule has 0 radical (unpaired) electrons. The fourth-order valence-corrected chi connectivity index (χ4v) is 7.58. The summed E-state index contributed by atoms with van der Waals surface area (Å²) in [6.45, 7) is 0. The second-order valence-corrected chi connectivity index (χ2v) is 13.6. The van der Waals surface area contributed by atoms with Crippen LogP contribution in [0.5, 0.6) is 0 Å². The third kappa shape index (κ3) is 5.04. The lowest BCUT2D eigenvalue weighted by atomic mass is 9.87. The van der Waals surface area contributed by atoms with E-state index in [1.54, 1.807) is 0 Å². The van der Waals surface area contributed by atoms with Crippen LogP contribution < -0.4 is 0 Å². The van der Waals surface area contributed by atoms with Gasteiger partial charge in [0, 0.05) is 0 Å². The summed E-state index contributed by atoms with van der Waals surface area (Å²) < 4.78 is 325. The van der Waals surface area contributed by atoms with Crippen molar-refractivity contribution in [2.24, 2.45) is 0 Å². The maximum atomic E-state index is 10.2. The Labute approximate surface area is 397 Å². The van der Waals surface area contributed by atoms with E-state index in [0.29, 0.717) is 6.07 Å². The van der Waals surface area contributed by atoms with Crippen LogP contribution in [-0.2, 0) is 0 Å². The lowest BCUT2D eigenvalue weighted by molar-refractivity contribution is 1.57. The lowest BCUT2D eigenvalue weighted by Gasteiger charge is -2.16. The van der Waals surface area contributed by atoms with E-state index in [0.717, 1.165) is 0 Å². The Kier molecular flexibility index (Phi) is 2.98. The molecule has 0 spiro atoms. The molecule has 0 nitrogen and oxygen atoms in total. The molecule has 0 heterocycles. The molecule has 0 aromatic heterocycles. The minimum atomic E-state index is -1.26. The molecule has 0 unspecified atom stereocenters. The van der Waals surface area contributed by atoms with Crippen molar-refractivity contribution in [3.8, 4) is 55.6 Å². The minimum Gasteiger partial charge on any atom is -0.0616 e. The van der Waals surface area contributed by atoms with Gasteiger partial charge in [0.25, 0.3) is 0 Å². The van der Waals surface area contributed by atoms with E-state index in [4.69, 9.17) is 20.6 Å². The van der Waals surface area contributed by atoms with Crippen molar-refractivity contribution in [3.05, 3.63) is 218 Å². The lowest BCUT2D eigenvalue weighted by Crippen LogP contribution is -1.90. The van der Waals surface area contributed by atoms with Crippen molar-refractivity contribution in [2.75, 3.05) is 0 Å². The van der Waals surface area contributed by atoms with Gasteiger partial charge in [-0.15, -0.1) is 0 Å². The highest BCUT2D eigenvalue weighted by Crippen LogP contribution is 2.43. The predicted octanol–water partition coefficient (Wildman–Crippen LogP) is 17.0. The molecule has 0 aliphatic heterocycles. The number of rotatable bonds is 5. The molecule has 0 amide bonds. The average molecular weight is 792 g/mol. The molecule has 0 saturated carbocycles. The van der Waals surface area contributed by atoms with Crippen molar-refractivity contribution in [2.45, 2.75) is 0 Å². The van der Waals surface area contributed by atoms with E-state index < -0.39 is 326 Å². The first kappa shape index (κ1) is 13.9. The Morgan fingerprint density at radius 1 is 0.217 bits per heavy atom. The first-order chi connectivity index (χ1) is 44.4. The number of hydrogen-bond donors (Lipinski definition) is 0. The van der Waals surface area contributed by atoms with E-state index in [1.165, 1.54) is 0 Å². The quantitative estimate of drug-likeness (QED) is 0.152. The zero-order valence-corrected chi connectivity index (χ0v) is 30.1. The van der Waals surface area contributed by atoms with Crippen LogP contribution in [0.4, 0.5) is 0 Å². The zero-order chi connectivity index (χ0) is 69.8. The second-order valence-electron chi connectivity index (χ2n) is 13.6. The highest BCUT2D eigenvalue weighted by Gasteiger charge is 2.16. The molecule has 0 aliphatic carbocycles. The molecule has 13 aromatic carbocycles. The van der Waals surface area contributed by atoms with Gasteiger partial charge < -0.3 is 0 Å². The summed E-state index contributed by atoms with van der Waals surface area (Å²) in [6, 6.07) is -33.0. The highest BCUT2D eigenvalue weighted by molar-refractivity contribution is 6.26. The monoisotopic (exact) mass is 792 g/mol. The van der Waals surface area contributed by atoms with Gasteiger partial charge in [-0.25, -0.2) is 0 Å². The smallest absolute Gasteiger partial charge is 0.0616 e. The third-order valence-electron chi connectivity index (χ3n) is 10.2. The topological polar surface area (TPSA) is 0 Å². The normalized spacial score (nSPS) is 20.2. The van der Waals surface area contributed by atoms with E-state index in [2.05, 4.69) is 0 Å². The van der Waals surface area contributed by atoms with Crippen molar-refractivity contribution < 1.29 is 48.0 Å². The molecule has 13 aromatic rings. The summed E-state index contributed by atoms with van der Waals surface area (Å²) in [4.78, 5) is 0. The average Bonchev–Trinajstić information content (AvgIpc) is 0.694. The minimum absolute atomic E-state index is 0.337. The Morgan fingerprint density at radius 2 is 0.600 bits per heavy atom. The molecule has 0 atom stereocenters. The van der Waals surface area contributed by atoms with E-state index in [1.807, 2.05) is 0 Å². The molecule has 276 valence electrons. The van der Waals surface area contributed by atoms with Crippen LogP contribution in [0.25, 0.3) is 131 Å². The largest absolute Gasteiger partial charge is 0.0636 e. The maximum Gasteiger partial charge on any atom is 0.0636 e. The molecule has 0 N–H and O–H groups in total. The zero-order valence-electron chi connectivity index (χ0n) is 65.1. The van der Waals surface area contributed by atoms with Crippen molar-refractivity contribution >= 4 is 75.4 Å². The molecule has 60 heavy (non-hydrogen) atoms. The Morgan fingerprint density at radius 3 is 1.23 bits per heavy atom. The second kappa shape index (κ2) is 12.9. The van der Waals surface area contributed by atoms with Gasteiger partial charge in [-0.3, -0.25) is 0 Å². The molecule has 13 rings (SSSR count). The number of hydrogen-bond acceptors (Lipinski definition) is 0. The van der Waals surface area contributed by atoms with Crippen LogP contribution >= 0.6 is 0 Å². The number of benzene rings is 13. The summed E-state index contributed by atoms with van der Waals surface area (Å²) in [5, 5.41) is -7.24. The molecule has 0 aliphatic rings. The van der Waals surface area contributed by atoms with Gasteiger partial charge in [0.2, 0.25) is 0 Å². The van der Waals surface area contributed by atoms with Gasteiger partial charge >= 0.3 is 0 Å². The van der Waals surface area contributed by atoms with Crippen molar-refractivity contribution in [1.82, 2.24) is 0 Å². The van der Waals surface area contributed by atoms with Crippen molar-refractivity contribution in [1.29, 1.82) is 0 Å². The Balaban J connectivity index is 1.24. The van der Waals surface area contributed by atoms with Gasteiger partial charge in [-0.2, -0.15) is 0 Å². The molecule has 0 heteroatoms. The molecule has 0 bridgehead atoms. The highest BCUT2D eigenvalue weighted by atomic mass is 14.2. The van der Waals surface area contributed by atoms with Gasteiger partial charge in [0.05, 0.1) is 48.0 Å². The van der Waals surface area contributed by atoms with Crippen LogP contribution in [0.2, 0.25) is 0 Å². The Bertz CT molecular complexity index is 5830. The first-order valence-electron chi connectivity index (χ1n) is 35.6. The summed E-state index contributed by atoms with van der Waals surface area (Å²) in [5.41, 5.74) is -9.51. The SMILES string of the molecule is [2H]c1cc([2H])c(-c2c([2H])c([2H])c3c([2H])c([2H])c4c([2H])c([2H])c([2H])c5c([2H])c([2H])c2c3c45)c([2H])c1-c1c([2H])c(-c2c([2H])c([2H])c([2H])c(-c3c([2H])c([2H])c4c([2H])c([2H])c5c([2H])c([2H])c([2H])c6c([2H])c([2H])c3c4c56)c2[2H])c([2H])c(-c2c([2H])c([2H])c([2H])c3c([2H])c([2H])c([2H])c([2H])c23)c1[2H]. The van der Waals surface area contributed by atoms with E-state index in [-0.39, 0.29) is 16.2 Å². The third-order valence-corrected chi connectivity index (χ3v) is 10.2. The Hall–Kier alpha value is -7.80. The van der Waals surface area contributed by atoms with Crippen LogP contribution in [-0.4, -0.2) is 0 Å². The summed E-state index contributed by atoms with van der Waals surface area (Å²) >= 11 is 0. The van der Waals surface area contributed by atoms with Gasteiger partial charge in [0.1, 0.15) is 0 Å². The van der Waals surface area contributed by atoms with Gasteiger partial charge in [-0.05, 0) is 161 Å².